The highest BCUT2D eigenvalue weighted by Crippen LogP contribution is 2.27. The number of nitrogens with zero attached hydrogens (tertiary/aromatic N) is 1. The predicted molar refractivity (Wildman–Crippen MR) is 77.8 cm³/mol. The smallest absolute Gasteiger partial charge is 0.304 e. The number of carbonyl (C=O) groups is 1. The van der Waals surface area contributed by atoms with Crippen molar-refractivity contribution in [3.05, 3.63) is 35.4 Å². The lowest BCUT2D eigenvalue weighted by Crippen LogP contribution is -2.35. The Morgan fingerprint density at radius 2 is 1.85 bits per heavy atom. The number of carboxylic acids is 1. The van der Waals surface area contributed by atoms with Gasteiger partial charge in [0.2, 0.25) is 0 Å². The first kappa shape index (κ1) is 15.0. The van der Waals surface area contributed by atoms with Crippen LogP contribution in [-0.4, -0.2) is 42.3 Å². The molecule has 1 aromatic carbocycles. The Morgan fingerprint density at radius 1 is 1.25 bits per heavy atom. The van der Waals surface area contributed by atoms with E-state index in [-0.39, 0.29) is 11.8 Å². The molecule has 1 aliphatic heterocycles. The van der Waals surface area contributed by atoms with Gasteiger partial charge in [-0.2, -0.15) is 0 Å². The first-order chi connectivity index (χ1) is 9.47. The molecule has 0 aliphatic carbocycles. The van der Waals surface area contributed by atoms with Crippen molar-refractivity contribution in [1.29, 1.82) is 0 Å². The molecule has 1 N–H and O–H groups in total. The molecule has 0 atom stereocenters. The molecule has 0 amide bonds. The number of hydrogen-bond acceptors (Lipinski definition) is 3. The monoisotopic (exact) mass is 277 g/mol. The number of morpholine rings is 1. The van der Waals surface area contributed by atoms with Crippen LogP contribution in [-0.2, 0) is 21.5 Å². The van der Waals surface area contributed by atoms with Gasteiger partial charge < -0.3 is 9.84 Å². The highest BCUT2D eigenvalue weighted by atomic mass is 16.5. The molecule has 1 fully saturated rings. The Labute approximate surface area is 120 Å². The van der Waals surface area contributed by atoms with Crippen LogP contribution in [0.4, 0.5) is 0 Å². The van der Waals surface area contributed by atoms with Crippen molar-refractivity contribution in [2.24, 2.45) is 0 Å². The topological polar surface area (TPSA) is 49.8 Å². The van der Waals surface area contributed by atoms with Crippen LogP contribution < -0.4 is 0 Å². The zero-order valence-electron chi connectivity index (χ0n) is 12.3. The summed E-state index contributed by atoms with van der Waals surface area (Å²) in [5.74, 6) is -0.757. The summed E-state index contributed by atoms with van der Waals surface area (Å²) in [5.41, 5.74) is 2.01. The minimum absolute atomic E-state index is 0.149. The second-order valence-electron chi connectivity index (χ2n) is 6.04. The quantitative estimate of drug-likeness (QED) is 0.897. The molecule has 2 rings (SSSR count). The Balaban J connectivity index is 2.00. The Hall–Kier alpha value is -1.39. The van der Waals surface area contributed by atoms with Crippen LogP contribution in [0.5, 0.6) is 0 Å². The van der Waals surface area contributed by atoms with Crippen LogP contribution in [0, 0.1) is 0 Å². The lowest BCUT2D eigenvalue weighted by molar-refractivity contribution is -0.138. The Kier molecular flexibility index (Phi) is 4.78. The van der Waals surface area contributed by atoms with Gasteiger partial charge in [-0.25, -0.2) is 0 Å². The zero-order valence-corrected chi connectivity index (χ0v) is 12.3. The molecule has 20 heavy (non-hydrogen) atoms. The van der Waals surface area contributed by atoms with E-state index < -0.39 is 5.97 Å². The molecular formula is C16H23NO3. The van der Waals surface area contributed by atoms with Gasteiger partial charge in [0.1, 0.15) is 0 Å². The van der Waals surface area contributed by atoms with Gasteiger partial charge in [-0.05, 0) is 11.1 Å². The molecule has 1 aliphatic rings. The van der Waals surface area contributed by atoms with Crippen LogP contribution in [0.2, 0.25) is 0 Å². The van der Waals surface area contributed by atoms with Gasteiger partial charge in [0.25, 0.3) is 0 Å². The number of ether oxygens (including phenoxy) is 1. The number of benzene rings is 1. The van der Waals surface area contributed by atoms with E-state index in [9.17, 15) is 4.79 Å². The van der Waals surface area contributed by atoms with Gasteiger partial charge in [0.05, 0.1) is 19.6 Å². The summed E-state index contributed by atoms with van der Waals surface area (Å²) in [5, 5.41) is 8.96. The van der Waals surface area contributed by atoms with Crippen molar-refractivity contribution in [2.75, 3.05) is 26.3 Å². The number of rotatable bonds is 5. The third-order valence-corrected chi connectivity index (χ3v) is 3.84. The first-order valence-electron chi connectivity index (χ1n) is 7.09. The minimum Gasteiger partial charge on any atom is -0.481 e. The minimum atomic E-state index is -0.757. The van der Waals surface area contributed by atoms with E-state index in [2.05, 4.69) is 29.2 Å². The second kappa shape index (κ2) is 6.37. The maximum Gasteiger partial charge on any atom is 0.304 e. The average molecular weight is 277 g/mol. The van der Waals surface area contributed by atoms with E-state index in [4.69, 9.17) is 9.84 Å². The molecule has 0 unspecified atom stereocenters. The van der Waals surface area contributed by atoms with Gasteiger partial charge in [-0.1, -0.05) is 38.1 Å². The Morgan fingerprint density at radius 3 is 2.40 bits per heavy atom. The van der Waals surface area contributed by atoms with Crippen LogP contribution >= 0.6 is 0 Å². The van der Waals surface area contributed by atoms with Crippen molar-refractivity contribution in [3.63, 3.8) is 0 Å². The fraction of sp³-hybridized carbons (Fsp3) is 0.562. The van der Waals surface area contributed by atoms with Crippen molar-refractivity contribution in [3.8, 4) is 0 Å². The summed E-state index contributed by atoms with van der Waals surface area (Å²) in [7, 11) is 0. The molecule has 0 radical (unpaired) electrons. The SMILES string of the molecule is CC(C)(CC(=O)O)c1ccc(CN2CCOCC2)cc1. The van der Waals surface area contributed by atoms with Gasteiger partial charge in [-0.3, -0.25) is 9.69 Å². The standard InChI is InChI=1S/C16H23NO3/c1-16(2,11-15(18)19)14-5-3-13(4-6-14)12-17-7-9-20-10-8-17/h3-6H,7-12H2,1-2H3,(H,18,19). The molecule has 0 aromatic heterocycles. The largest absolute Gasteiger partial charge is 0.481 e. The van der Waals surface area contributed by atoms with Crippen molar-refractivity contribution in [2.45, 2.75) is 32.2 Å². The zero-order chi connectivity index (χ0) is 14.6. The summed E-state index contributed by atoms with van der Waals surface area (Å²) in [4.78, 5) is 13.3. The lowest BCUT2D eigenvalue weighted by atomic mass is 9.81. The second-order valence-corrected chi connectivity index (χ2v) is 6.04. The summed E-state index contributed by atoms with van der Waals surface area (Å²) >= 11 is 0. The van der Waals surface area contributed by atoms with Crippen LogP contribution in [0.3, 0.4) is 0 Å². The van der Waals surface area contributed by atoms with Crippen LogP contribution in [0.1, 0.15) is 31.4 Å². The molecule has 4 nitrogen and oxygen atoms in total. The van der Waals surface area contributed by atoms with E-state index in [1.807, 2.05) is 13.8 Å². The molecule has 110 valence electrons. The summed E-state index contributed by atoms with van der Waals surface area (Å²) < 4.78 is 5.34. The van der Waals surface area contributed by atoms with Crippen molar-refractivity contribution in [1.82, 2.24) is 4.90 Å². The molecule has 4 heteroatoms. The highest BCUT2D eigenvalue weighted by molar-refractivity contribution is 5.68. The number of carboxylic acid groups (broad SMARTS) is 1. The number of aliphatic carboxylic acids is 1. The van der Waals surface area contributed by atoms with Crippen molar-refractivity contribution < 1.29 is 14.6 Å². The maximum atomic E-state index is 10.9. The fourth-order valence-corrected chi connectivity index (χ4v) is 2.56. The molecule has 1 aromatic rings. The molecule has 0 spiro atoms. The summed E-state index contributed by atoms with van der Waals surface area (Å²) in [6.07, 6.45) is 0.149. The van der Waals surface area contributed by atoms with E-state index in [0.29, 0.717) is 0 Å². The maximum absolute atomic E-state index is 10.9. The highest BCUT2D eigenvalue weighted by Gasteiger charge is 2.24. The molecule has 0 bridgehead atoms. The average Bonchev–Trinajstić information content (AvgIpc) is 2.39. The lowest BCUT2D eigenvalue weighted by Gasteiger charge is -2.27. The molecular weight excluding hydrogens is 254 g/mol. The van der Waals surface area contributed by atoms with E-state index >= 15 is 0 Å². The van der Waals surface area contributed by atoms with Gasteiger partial charge >= 0.3 is 5.97 Å². The fourth-order valence-electron chi connectivity index (χ4n) is 2.56. The first-order valence-corrected chi connectivity index (χ1v) is 7.09. The summed E-state index contributed by atoms with van der Waals surface area (Å²) in [6.45, 7) is 8.45. The molecule has 1 saturated heterocycles. The number of hydrogen-bond donors (Lipinski definition) is 1. The summed E-state index contributed by atoms with van der Waals surface area (Å²) in [6, 6.07) is 8.32. The van der Waals surface area contributed by atoms with E-state index in [1.54, 1.807) is 0 Å². The predicted octanol–water partition coefficient (Wildman–Crippen LogP) is 2.27. The van der Waals surface area contributed by atoms with Gasteiger partial charge in [-0.15, -0.1) is 0 Å². The molecule has 1 heterocycles. The van der Waals surface area contributed by atoms with Gasteiger partial charge in [0.15, 0.2) is 0 Å². The Bertz CT molecular complexity index is 447. The third kappa shape index (κ3) is 4.05. The van der Waals surface area contributed by atoms with E-state index in [1.165, 1.54) is 5.56 Å². The van der Waals surface area contributed by atoms with Gasteiger partial charge in [0, 0.05) is 25.0 Å². The molecule has 0 saturated carbocycles. The third-order valence-electron chi connectivity index (χ3n) is 3.84. The van der Waals surface area contributed by atoms with Crippen LogP contribution in [0.15, 0.2) is 24.3 Å². The van der Waals surface area contributed by atoms with E-state index in [0.717, 1.165) is 38.4 Å². The van der Waals surface area contributed by atoms with Crippen LogP contribution in [0.25, 0.3) is 0 Å². The normalized spacial score (nSPS) is 17.1. The van der Waals surface area contributed by atoms with Crippen molar-refractivity contribution >= 4 is 5.97 Å².